The second kappa shape index (κ2) is 6.69. The highest BCUT2D eigenvalue weighted by molar-refractivity contribution is 5.83. The van der Waals surface area contributed by atoms with Gasteiger partial charge in [0.2, 0.25) is 5.95 Å². The molecule has 1 aliphatic heterocycles. The van der Waals surface area contributed by atoms with Crippen LogP contribution < -0.4 is 10.2 Å². The summed E-state index contributed by atoms with van der Waals surface area (Å²) >= 11 is 0. The Morgan fingerprint density at radius 2 is 1.80 bits per heavy atom. The van der Waals surface area contributed by atoms with E-state index in [9.17, 15) is 0 Å². The summed E-state index contributed by atoms with van der Waals surface area (Å²) in [7, 11) is 2.15. The SMILES string of the molecule is Cc1ccccc1Nc1ccc2cnc(N3CCN(C)CC3)nc2c1. The van der Waals surface area contributed by atoms with Gasteiger partial charge in [-0.3, -0.25) is 0 Å². The summed E-state index contributed by atoms with van der Waals surface area (Å²) < 4.78 is 0. The molecule has 5 nitrogen and oxygen atoms in total. The van der Waals surface area contributed by atoms with E-state index >= 15 is 0 Å². The molecule has 128 valence electrons. The quantitative estimate of drug-likeness (QED) is 0.795. The van der Waals surface area contributed by atoms with Crippen LogP contribution in [0, 0.1) is 6.92 Å². The molecule has 2 aromatic carbocycles. The average molecular weight is 333 g/mol. The number of para-hydroxylation sites is 1. The molecule has 0 spiro atoms. The molecule has 0 saturated carbocycles. The van der Waals surface area contributed by atoms with Gasteiger partial charge in [0, 0.05) is 49.1 Å². The van der Waals surface area contributed by atoms with Gasteiger partial charge in [-0.2, -0.15) is 0 Å². The van der Waals surface area contributed by atoms with E-state index in [0.717, 1.165) is 54.4 Å². The van der Waals surface area contributed by atoms with Crippen LogP contribution in [0.5, 0.6) is 0 Å². The number of hydrogen-bond acceptors (Lipinski definition) is 5. The number of likely N-dealkylation sites (N-methyl/N-ethyl adjacent to an activating group) is 1. The fourth-order valence-electron chi connectivity index (χ4n) is 3.12. The topological polar surface area (TPSA) is 44.3 Å². The number of fused-ring (bicyclic) bond motifs is 1. The molecule has 0 unspecified atom stereocenters. The van der Waals surface area contributed by atoms with Crippen molar-refractivity contribution in [2.24, 2.45) is 0 Å². The van der Waals surface area contributed by atoms with E-state index in [-0.39, 0.29) is 0 Å². The number of aromatic nitrogens is 2. The Morgan fingerprint density at radius 1 is 1.00 bits per heavy atom. The van der Waals surface area contributed by atoms with E-state index in [4.69, 9.17) is 4.98 Å². The summed E-state index contributed by atoms with van der Waals surface area (Å²) in [4.78, 5) is 14.0. The lowest BCUT2D eigenvalue weighted by Crippen LogP contribution is -2.45. The number of hydrogen-bond donors (Lipinski definition) is 1. The Labute approximate surface area is 148 Å². The van der Waals surface area contributed by atoms with Crippen LogP contribution in [0.25, 0.3) is 10.9 Å². The number of piperazine rings is 1. The second-order valence-electron chi connectivity index (χ2n) is 6.67. The minimum absolute atomic E-state index is 0.827. The number of anilines is 3. The van der Waals surface area contributed by atoms with Gasteiger partial charge in [0.1, 0.15) is 0 Å². The Morgan fingerprint density at radius 3 is 2.60 bits per heavy atom. The predicted molar refractivity (Wildman–Crippen MR) is 104 cm³/mol. The van der Waals surface area contributed by atoms with Crippen LogP contribution in [0.15, 0.2) is 48.7 Å². The van der Waals surface area contributed by atoms with Gasteiger partial charge in [0.15, 0.2) is 0 Å². The Balaban J connectivity index is 1.61. The molecular formula is C20H23N5. The van der Waals surface area contributed by atoms with Crippen molar-refractivity contribution in [1.29, 1.82) is 0 Å². The van der Waals surface area contributed by atoms with Gasteiger partial charge in [-0.25, -0.2) is 9.97 Å². The minimum Gasteiger partial charge on any atom is -0.355 e. The molecule has 1 aliphatic rings. The van der Waals surface area contributed by atoms with E-state index in [1.807, 2.05) is 12.3 Å². The van der Waals surface area contributed by atoms with Crippen molar-refractivity contribution in [3.8, 4) is 0 Å². The first-order valence-corrected chi connectivity index (χ1v) is 8.72. The molecule has 0 radical (unpaired) electrons. The standard InChI is InChI=1S/C20H23N5/c1-15-5-3-4-6-18(15)22-17-8-7-16-14-21-20(23-19(16)13-17)25-11-9-24(2)10-12-25/h3-8,13-14,22H,9-12H2,1-2H3. The number of rotatable bonds is 3. The molecule has 3 aromatic rings. The molecule has 1 fully saturated rings. The van der Waals surface area contributed by atoms with Crippen LogP contribution in [-0.2, 0) is 0 Å². The molecule has 1 aromatic heterocycles. The Hall–Kier alpha value is -2.66. The van der Waals surface area contributed by atoms with E-state index < -0.39 is 0 Å². The molecule has 5 heteroatoms. The van der Waals surface area contributed by atoms with Crippen molar-refractivity contribution in [3.05, 3.63) is 54.2 Å². The zero-order chi connectivity index (χ0) is 17.2. The zero-order valence-corrected chi connectivity index (χ0v) is 14.7. The lowest BCUT2D eigenvalue weighted by atomic mass is 10.2. The van der Waals surface area contributed by atoms with Crippen LogP contribution >= 0.6 is 0 Å². The Kier molecular flexibility index (Phi) is 4.24. The predicted octanol–water partition coefficient (Wildman–Crippen LogP) is 3.43. The zero-order valence-electron chi connectivity index (χ0n) is 14.7. The maximum Gasteiger partial charge on any atom is 0.225 e. The highest BCUT2D eigenvalue weighted by Crippen LogP contribution is 2.24. The van der Waals surface area contributed by atoms with Crippen molar-refractivity contribution in [2.75, 3.05) is 43.4 Å². The first-order valence-electron chi connectivity index (χ1n) is 8.72. The van der Waals surface area contributed by atoms with Crippen molar-refractivity contribution in [1.82, 2.24) is 14.9 Å². The molecular weight excluding hydrogens is 310 g/mol. The molecule has 0 amide bonds. The van der Waals surface area contributed by atoms with Crippen LogP contribution in [0.1, 0.15) is 5.56 Å². The fourth-order valence-corrected chi connectivity index (χ4v) is 3.12. The van der Waals surface area contributed by atoms with Gasteiger partial charge in [-0.1, -0.05) is 18.2 Å². The molecule has 0 bridgehead atoms. The van der Waals surface area contributed by atoms with Crippen LogP contribution in [0.3, 0.4) is 0 Å². The largest absolute Gasteiger partial charge is 0.355 e. The lowest BCUT2D eigenvalue weighted by Gasteiger charge is -2.32. The van der Waals surface area contributed by atoms with Gasteiger partial charge >= 0.3 is 0 Å². The van der Waals surface area contributed by atoms with Gasteiger partial charge in [0.25, 0.3) is 0 Å². The third-order valence-electron chi connectivity index (χ3n) is 4.78. The number of nitrogens with zero attached hydrogens (tertiary/aromatic N) is 4. The van der Waals surface area contributed by atoms with Crippen molar-refractivity contribution < 1.29 is 0 Å². The molecule has 0 atom stereocenters. The first kappa shape index (κ1) is 15.8. The summed E-state index contributed by atoms with van der Waals surface area (Å²) in [6, 6.07) is 14.5. The van der Waals surface area contributed by atoms with Crippen molar-refractivity contribution in [2.45, 2.75) is 6.92 Å². The molecule has 0 aliphatic carbocycles. The number of nitrogens with one attached hydrogen (secondary N) is 1. The number of aryl methyl sites for hydroxylation is 1. The molecule has 1 N–H and O–H groups in total. The van der Waals surface area contributed by atoms with Crippen LogP contribution in [0.4, 0.5) is 17.3 Å². The highest BCUT2D eigenvalue weighted by atomic mass is 15.3. The van der Waals surface area contributed by atoms with Gasteiger partial charge in [0.05, 0.1) is 5.52 Å². The van der Waals surface area contributed by atoms with Gasteiger partial charge < -0.3 is 15.1 Å². The van der Waals surface area contributed by atoms with Crippen LogP contribution in [0.2, 0.25) is 0 Å². The Bertz CT molecular complexity index is 884. The summed E-state index contributed by atoms with van der Waals surface area (Å²) in [5.41, 5.74) is 4.37. The molecule has 25 heavy (non-hydrogen) atoms. The first-order chi connectivity index (χ1) is 12.2. The second-order valence-corrected chi connectivity index (χ2v) is 6.67. The van der Waals surface area contributed by atoms with Crippen molar-refractivity contribution >= 4 is 28.2 Å². The van der Waals surface area contributed by atoms with Crippen molar-refractivity contribution in [3.63, 3.8) is 0 Å². The number of benzene rings is 2. The summed E-state index contributed by atoms with van der Waals surface area (Å²) in [6.07, 6.45) is 1.92. The van der Waals surface area contributed by atoms with E-state index in [1.165, 1.54) is 5.56 Å². The minimum atomic E-state index is 0.827. The normalized spacial score (nSPS) is 15.5. The van der Waals surface area contributed by atoms with E-state index in [2.05, 4.69) is 70.5 Å². The molecule has 2 heterocycles. The smallest absolute Gasteiger partial charge is 0.225 e. The fraction of sp³-hybridized carbons (Fsp3) is 0.300. The van der Waals surface area contributed by atoms with E-state index in [0.29, 0.717) is 0 Å². The maximum atomic E-state index is 4.80. The van der Waals surface area contributed by atoms with Gasteiger partial charge in [-0.05, 0) is 43.8 Å². The van der Waals surface area contributed by atoms with Gasteiger partial charge in [-0.15, -0.1) is 0 Å². The maximum absolute atomic E-state index is 4.80. The van der Waals surface area contributed by atoms with Crippen LogP contribution in [-0.4, -0.2) is 48.1 Å². The third-order valence-corrected chi connectivity index (χ3v) is 4.78. The monoisotopic (exact) mass is 333 g/mol. The average Bonchev–Trinajstić information content (AvgIpc) is 2.64. The highest BCUT2D eigenvalue weighted by Gasteiger charge is 2.16. The summed E-state index contributed by atoms with van der Waals surface area (Å²) in [5.74, 6) is 0.827. The molecule has 4 rings (SSSR count). The van der Waals surface area contributed by atoms with E-state index in [1.54, 1.807) is 0 Å². The summed E-state index contributed by atoms with van der Waals surface area (Å²) in [6.45, 7) is 6.16. The summed E-state index contributed by atoms with van der Waals surface area (Å²) in [5, 5.41) is 4.55. The third kappa shape index (κ3) is 3.42. The molecule has 1 saturated heterocycles. The lowest BCUT2D eigenvalue weighted by molar-refractivity contribution is 0.311.